The van der Waals surface area contributed by atoms with Crippen LogP contribution in [-0.4, -0.2) is 37.5 Å². The highest BCUT2D eigenvalue weighted by Crippen LogP contribution is 2.42. The predicted molar refractivity (Wildman–Crippen MR) is 111 cm³/mol. The minimum Gasteiger partial charge on any atom is -0.482 e. The number of sulfonamides is 1. The normalized spacial score (nSPS) is 16.9. The molecule has 1 aliphatic rings. The van der Waals surface area contributed by atoms with Crippen molar-refractivity contribution < 1.29 is 45.0 Å². The van der Waals surface area contributed by atoms with E-state index < -0.39 is 56.8 Å². The van der Waals surface area contributed by atoms with E-state index in [9.17, 15) is 35.2 Å². The molecule has 0 spiro atoms. The number of aliphatic carboxylic acids is 1. The lowest BCUT2D eigenvalue weighted by atomic mass is 9.87. The Hall–Kier alpha value is -2.73. The van der Waals surface area contributed by atoms with Crippen molar-refractivity contribution in [3.05, 3.63) is 58.7 Å². The predicted octanol–water partition coefficient (Wildman–Crippen LogP) is 4.98. The van der Waals surface area contributed by atoms with E-state index in [1.807, 2.05) is 0 Å². The molecule has 1 aliphatic carbocycles. The molecule has 0 radical (unpaired) electrons. The number of nitrogens with zero attached hydrogens (tertiary/aromatic N) is 1. The van der Waals surface area contributed by atoms with Crippen LogP contribution in [0.15, 0.2) is 41.3 Å². The zero-order chi connectivity index (χ0) is 25.5. The summed E-state index contributed by atoms with van der Waals surface area (Å²) in [5, 5.41) is 8.87. The van der Waals surface area contributed by atoms with E-state index in [-0.39, 0.29) is 11.8 Å². The van der Waals surface area contributed by atoms with Gasteiger partial charge in [0, 0.05) is 19.5 Å². The largest absolute Gasteiger partial charge is 0.482 e. The van der Waals surface area contributed by atoms with Gasteiger partial charge in [-0.25, -0.2) is 22.0 Å². The summed E-state index contributed by atoms with van der Waals surface area (Å²) in [5.41, 5.74) is -1.46. The third-order valence-electron chi connectivity index (χ3n) is 5.64. The molecule has 6 nitrogen and oxygen atoms in total. The fourth-order valence-electron chi connectivity index (χ4n) is 3.94. The summed E-state index contributed by atoms with van der Waals surface area (Å²) >= 11 is 0. The molecule has 0 heterocycles. The number of fused-ring (bicyclic) bond motifs is 1. The van der Waals surface area contributed by atoms with E-state index in [1.165, 1.54) is 7.05 Å². The monoisotopic (exact) mass is 507 g/mol. The van der Waals surface area contributed by atoms with Crippen LogP contribution in [0.1, 0.15) is 48.1 Å². The summed E-state index contributed by atoms with van der Waals surface area (Å²) in [4.78, 5) is 9.96. The molecule has 186 valence electrons. The Kier molecular flexibility index (Phi) is 6.96. The van der Waals surface area contributed by atoms with Crippen LogP contribution in [0, 0.1) is 0 Å². The summed E-state index contributed by atoms with van der Waals surface area (Å²) in [5.74, 6) is -4.63. The maximum Gasteiger partial charge on any atom is 0.416 e. The summed E-state index contributed by atoms with van der Waals surface area (Å²) in [7, 11) is -3.45. The SMILES string of the molecule is CN([C@@H]1CCCc2c(OCC(=O)O)cccc21)S(=O)(=O)c1cc(C(C)(F)F)cc(C(F)(F)F)c1. The summed E-state index contributed by atoms with van der Waals surface area (Å²) in [6, 6.07) is 5.03. The number of hydrogen-bond donors (Lipinski definition) is 1. The van der Waals surface area contributed by atoms with Crippen molar-refractivity contribution >= 4 is 16.0 Å². The Bertz CT molecular complexity index is 1160. The Morgan fingerprint density at radius 2 is 1.79 bits per heavy atom. The number of carboxylic acid groups (broad SMARTS) is 1. The van der Waals surface area contributed by atoms with Crippen LogP contribution in [0.25, 0.3) is 0 Å². The fraction of sp³-hybridized carbons (Fsp3) is 0.409. The average Bonchev–Trinajstić information content (AvgIpc) is 2.75. The van der Waals surface area contributed by atoms with Gasteiger partial charge in [-0.15, -0.1) is 0 Å². The standard InChI is InChI=1S/C22H22F5NO5S/c1-21(23,24)13-9-14(22(25,26)27)11-15(10-13)34(31,32)28(2)18-7-3-6-17-16(18)5-4-8-19(17)33-12-20(29)30/h4-5,8-11,18H,3,6-7,12H2,1-2H3,(H,29,30)/t18-/m1/s1. The zero-order valence-corrected chi connectivity index (χ0v) is 19.0. The van der Waals surface area contributed by atoms with E-state index in [2.05, 4.69) is 0 Å². The first kappa shape index (κ1) is 25.9. The van der Waals surface area contributed by atoms with Gasteiger partial charge >= 0.3 is 12.1 Å². The molecule has 1 N–H and O–H groups in total. The maximum atomic E-state index is 13.9. The maximum absolute atomic E-state index is 13.9. The van der Waals surface area contributed by atoms with E-state index in [4.69, 9.17) is 9.84 Å². The average molecular weight is 507 g/mol. The summed E-state index contributed by atoms with van der Waals surface area (Å²) < 4.78 is 101. The second-order valence-electron chi connectivity index (χ2n) is 8.07. The van der Waals surface area contributed by atoms with Crippen molar-refractivity contribution in [1.82, 2.24) is 4.31 Å². The van der Waals surface area contributed by atoms with Crippen molar-refractivity contribution in [2.24, 2.45) is 0 Å². The molecule has 0 fully saturated rings. The minimum atomic E-state index is -5.03. The molecule has 12 heteroatoms. The number of alkyl halides is 5. The van der Waals surface area contributed by atoms with Gasteiger partial charge in [0.25, 0.3) is 5.92 Å². The molecule has 2 aromatic rings. The molecule has 0 bridgehead atoms. The molecule has 2 aromatic carbocycles. The molecule has 0 aliphatic heterocycles. The van der Waals surface area contributed by atoms with Crippen molar-refractivity contribution in [2.45, 2.75) is 49.2 Å². The molecular formula is C22H22F5NO5S. The minimum absolute atomic E-state index is 0.237. The van der Waals surface area contributed by atoms with Gasteiger partial charge in [0.2, 0.25) is 10.0 Å². The van der Waals surface area contributed by atoms with E-state index in [0.29, 0.717) is 49.4 Å². The highest BCUT2D eigenvalue weighted by Gasteiger charge is 2.38. The third-order valence-corrected chi connectivity index (χ3v) is 7.48. The Labute approximate surface area is 193 Å². The van der Waals surface area contributed by atoms with Crippen molar-refractivity contribution in [1.29, 1.82) is 0 Å². The molecule has 34 heavy (non-hydrogen) atoms. The number of carbonyl (C=O) groups is 1. The second kappa shape index (κ2) is 9.14. The van der Waals surface area contributed by atoms with Crippen LogP contribution < -0.4 is 4.74 Å². The van der Waals surface area contributed by atoms with Gasteiger partial charge < -0.3 is 9.84 Å². The van der Waals surface area contributed by atoms with E-state index in [0.717, 1.165) is 4.31 Å². The number of ether oxygens (including phenoxy) is 1. The first-order valence-corrected chi connectivity index (χ1v) is 11.6. The van der Waals surface area contributed by atoms with Crippen LogP contribution in [0.3, 0.4) is 0 Å². The van der Waals surface area contributed by atoms with Crippen LogP contribution in [0.2, 0.25) is 0 Å². The van der Waals surface area contributed by atoms with Gasteiger partial charge in [-0.1, -0.05) is 12.1 Å². The molecule has 0 aromatic heterocycles. The van der Waals surface area contributed by atoms with Crippen molar-refractivity contribution in [2.75, 3.05) is 13.7 Å². The molecule has 0 unspecified atom stereocenters. The summed E-state index contributed by atoms with van der Waals surface area (Å²) in [6.07, 6.45) is -3.74. The van der Waals surface area contributed by atoms with Crippen LogP contribution in [0.5, 0.6) is 5.75 Å². The molecular weight excluding hydrogens is 485 g/mol. The topological polar surface area (TPSA) is 83.9 Å². The first-order valence-electron chi connectivity index (χ1n) is 10.2. The smallest absolute Gasteiger partial charge is 0.416 e. The lowest BCUT2D eigenvalue weighted by Gasteiger charge is -2.33. The van der Waals surface area contributed by atoms with Crippen LogP contribution >= 0.6 is 0 Å². The van der Waals surface area contributed by atoms with Gasteiger partial charge in [0.05, 0.1) is 16.5 Å². The Balaban J connectivity index is 2.06. The Morgan fingerprint density at radius 1 is 1.15 bits per heavy atom. The lowest BCUT2D eigenvalue weighted by Crippen LogP contribution is -2.34. The van der Waals surface area contributed by atoms with Gasteiger partial charge in [-0.2, -0.15) is 17.5 Å². The van der Waals surface area contributed by atoms with Crippen molar-refractivity contribution in [3.8, 4) is 5.75 Å². The number of carboxylic acids is 1. The second-order valence-corrected chi connectivity index (χ2v) is 10.1. The third kappa shape index (κ3) is 5.33. The van der Waals surface area contributed by atoms with Gasteiger partial charge in [0.1, 0.15) is 5.75 Å². The quantitative estimate of drug-likeness (QED) is 0.535. The lowest BCUT2D eigenvalue weighted by molar-refractivity contribution is -0.139. The number of rotatable bonds is 7. The molecule has 0 saturated heterocycles. The van der Waals surface area contributed by atoms with Crippen LogP contribution in [0.4, 0.5) is 22.0 Å². The van der Waals surface area contributed by atoms with Crippen molar-refractivity contribution in [3.63, 3.8) is 0 Å². The number of hydrogen-bond acceptors (Lipinski definition) is 4. The number of benzene rings is 2. The highest BCUT2D eigenvalue weighted by atomic mass is 32.2. The van der Waals surface area contributed by atoms with Gasteiger partial charge in [-0.3, -0.25) is 0 Å². The summed E-state index contributed by atoms with van der Waals surface area (Å²) in [6.45, 7) is -0.216. The molecule has 3 rings (SSSR count). The fourth-order valence-corrected chi connectivity index (χ4v) is 5.38. The Morgan fingerprint density at radius 3 is 2.38 bits per heavy atom. The molecule has 1 atom stereocenters. The first-order chi connectivity index (χ1) is 15.6. The van der Waals surface area contributed by atoms with E-state index in [1.54, 1.807) is 18.2 Å². The van der Waals surface area contributed by atoms with Crippen LogP contribution in [-0.2, 0) is 33.3 Å². The molecule has 0 amide bonds. The highest BCUT2D eigenvalue weighted by molar-refractivity contribution is 7.89. The van der Waals surface area contributed by atoms with Gasteiger partial charge in [-0.05, 0) is 54.7 Å². The van der Waals surface area contributed by atoms with E-state index >= 15 is 0 Å². The number of halogens is 5. The van der Waals surface area contributed by atoms with Gasteiger partial charge in [0.15, 0.2) is 6.61 Å². The zero-order valence-electron chi connectivity index (χ0n) is 18.2. The molecule has 0 saturated carbocycles.